The first kappa shape index (κ1) is 15.9. The van der Waals surface area contributed by atoms with Crippen molar-refractivity contribution in [2.45, 2.75) is 26.7 Å². The van der Waals surface area contributed by atoms with Crippen LogP contribution in [0, 0.1) is 0 Å². The molecule has 0 fully saturated rings. The molecule has 1 amide bonds. The van der Waals surface area contributed by atoms with Crippen LogP contribution in [-0.4, -0.2) is 54.9 Å². The number of carboxylic acid groups (broad SMARTS) is 1. The quantitative estimate of drug-likeness (QED) is 0.673. The Kier molecular flexibility index (Phi) is 6.79. The van der Waals surface area contributed by atoms with Crippen LogP contribution in [0.25, 0.3) is 0 Å². The van der Waals surface area contributed by atoms with Gasteiger partial charge in [-0.25, -0.2) is 8.42 Å². The molecule has 0 spiro atoms. The number of rotatable bonds is 8. The first-order chi connectivity index (χ1) is 7.82. The van der Waals surface area contributed by atoms with Gasteiger partial charge in [0.15, 0.2) is 9.84 Å². The van der Waals surface area contributed by atoms with Gasteiger partial charge in [-0.05, 0) is 12.8 Å². The zero-order valence-electron chi connectivity index (χ0n) is 10.2. The summed E-state index contributed by atoms with van der Waals surface area (Å²) in [5.41, 5.74) is 0. The number of carboxylic acids is 1. The number of hydrogen-bond donors (Lipinski definition) is 1. The summed E-state index contributed by atoms with van der Waals surface area (Å²) >= 11 is 0. The average molecular weight is 265 g/mol. The maximum atomic E-state index is 11.6. The molecule has 17 heavy (non-hydrogen) atoms. The van der Waals surface area contributed by atoms with Crippen LogP contribution >= 0.6 is 0 Å². The number of aliphatic carboxylic acids is 1. The summed E-state index contributed by atoms with van der Waals surface area (Å²) in [6.45, 7) is 3.31. The van der Waals surface area contributed by atoms with E-state index in [0.29, 0.717) is 12.8 Å². The normalized spacial score (nSPS) is 11.2. The largest absolute Gasteiger partial charge is 0.480 e. The summed E-state index contributed by atoms with van der Waals surface area (Å²) in [5, 5.41) is 8.62. The Morgan fingerprint density at radius 2 is 1.76 bits per heavy atom. The van der Waals surface area contributed by atoms with Crippen LogP contribution in [0.3, 0.4) is 0 Å². The lowest BCUT2D eigenvalue weighted by molar-refractivity contribution is -0.143. The molecule has 0 aromatic heterocycles. The first-order valence-electron chi connectivity index (χ1n) is 5.52. The second-order valence-corrected chi connectivity index (χ2v) is 5.99. The SMILES string of the molecule is CCCN(CC(=O)O)C(=O)CS(=O)(=O)CCC. The van der Waals surface area contributed by atoms with Gasteiger partial charge >= 0.3 is 5.97 Å². The smallest absolute Gasteiger partial charge is 0.323 e. The van der Waals surface area contributed by atoms with Crippen LogP contribution in [0.4, 0.5) is 0 Å². The van der Waals surface area contributed by atoms with E-state index in [9.17, 15) is 18.0 Å². The van der Waals surface area contributed by atoms with E-state index >= 15 is 0 Å². The Balaban J connectivity index is 4.57. The Labute approximate surface area is 102 Å². The highest BCUT2D eigenvalue weighted by molar-refractivity contribution is 7.92. The molecular formula is C10H19NO5S. The maximum Gasteiger partial charge on any atom is 0.323 e. The van der Waals surface area contributed by atoms with Crippen molar-refractivity contribution < 1.29 is 23.1 Å². The summed E-state index contributed by atoms with van der Waals surface area (Å²) in [7, 11) is -3.41. The van der Waals surface area contributed by atoms with Crippen molar-refractivity contribution in [2.75, 3.05) is 24.6 Å². The molecule has 100 valence electrons. The van der Waals surface area contributed by atoms with Crippen LogP contribution < -0.4 is 0 Å². The summed E-state index contributed by atoms with van der Waals surface area (Å²) in [6, 6.07) is 0. The lowest BCUT2D eigenvalue weighted by Crippen LogP contribution is -2.40. The second kappa shape index (κ2) is 7.26. The molecule has 0 saturated heterocycles. The van der Waals surface area contributed by atoms with Crippen molar-refractivity contribution in [3.63, 3.8) is 0 Å². The third-order valence-corrected chi connectivity index (χ3v) is 3.75. The monoisotopic (exact) mass is 265 g/mol. The van der Waals surface area contributed by atoms with Crippen LogP contribution in [0.2, 0.25) is 0 Å². The lowest BCUT2D eigenvalue weighted by Gasteiger charge is -2.19. The van der Waals surface area contributed by atoms with E-state index in [4.69, 9.17) is 5.11 Å². The predicted octanol–water partition coefficient (Wildman–Crippen LogP) is 0.134. The molecule has 0 bridgehead atoms. The Bertz CT molecular complexity index is 363. The Hall–Kier alpha value is -1.11. The molecule has 0 aliphatic rings. The fraction of sp³-hybridized carbons (Fsp3) is 0.800. The molecule has 0 unspecified atom stereocenters. The summed E-state index contributed by atoms with van der Waals surface area (Å²) in [5.74, 6) is -2.43. The van der Waals surface area contributed by atoms with Crippen molar-refractivity contribution in [3.8, 4) is 0 Å². The molecule has 0 aromatic carbocycles. The van der Waals surface area contributed by atoms with Gasteiger partial charge in [0.1, 0.15) is 12.3 Å². The van der Waals surface area contributed by atoms with E-state index < -0.39 is 34.0 Å². The molecule has 0 radical (unpaired) electrons. The summed E-state index contributed by atoms with van der Waals surface area (Å²) in [4.78, 5) is 23.2. The third-order valence-electron chi connectivity index (χ3n) is 2.03. The highest BCUT2D eigenvalue weighted by atomic mass is 32.2. The molecule has 1 N–H and O–H groups in total. The van der Waals surface area contributed by atoms with Crippen LogP contribution in [0.15, 0.2) is 0 Å². The van der Waals surface area contributed by atoms with Gasteiger partial charge in [-0.1, -0.05) is 13.8 Å². The molecule has 7 heteroatoms. The van der Waals surface area contributed by atoms with E-state index in [2.05, 4.69) is 0 Å². The molecule has 0 heterocycles. The van der Waals surface area contributed by atoms with Gasteiger partial charge in [0.05, 0.1) is 5.75 Å². The van der Waals surface area contributed by atoms with Crippen molar-refractivity contribution in [2.24, 2.45) is 0 Å². The topological polar surface area (TPSA) is 91.8 Å². The molecule has 0 aliphatic heterocycles. The number of nitrogens with zero attached hydrogens (tertiary/aromatic N) is 1. The van der Waals surface area contributed by atoms with E-state index in [1.54, 1.807) is 13.8 Å². The molecule has 0 atom stereocenters. The van der Waals surface area contributed by atoms with E-state index in [1.165, 1.54) is 0 Å². The third kappa shape index (κ3) is 6.93. The lowest BCUT2D eigenvalue weighted by atomic mass is 10.4. The van der Waals surface area contributed by atoms with Crippen LogP contribution in [0.1, 0.15) is 26.7 Å². The van der Waals surface area contributed by atoms with Crippen molar-refractivity contribution >= 4 is 21.7 Å². The number of carbonyl (C=O) groups is 2. The number of amides is 1. The fourth-order valence-corrected chi connectivity index (χ4v) is 2.71. The number of sulfone groups is 1. The minimum atomic E-state index is -3.41. The summed E-state index contributed by atoms with van der Waals surface area (Å²) in [6.07, 6.45) is 1.04. The van der Waals surface area contributed by atoms with Crippen molar-refractivity contribution in [1.29, 1.82) is 0 Å². The molecule has 0 aromatic rings. The van der Waals surface area contributed by atoms with E-state index in [-0.39, 0.29) is 12.3 Å². The maximum absolute atomic E-state index is 11.6. The highest BCUT2D eigenvalue weighted by Crippen LogP contribution is 2.00. The van der Waals surface area contributed by atoms with Crippen molar-refractivity contribution in [3.05, 3.63) is 0 Å². The molecule has 0 rings (SSSR count). The second-order valence-electron chi connectivity index (χ2n) is 3.80. The Morgan fingerprint density at radius 3 is 2.18 bits per heavy atom. The standard InChI is InChI=1S/C10H19NO5S/c1-3-5-11(7-10(13)14)9(12)8-17(15,16)6-4-2/h3-8H2,1-2H3,(H,13,14). The van der Waals surface area contributed by atoms with Gasteiger partial charge in [0.25, 0.3) is 0 Å². The molecule has 6 nitrogen and oxygen atoms in total. The van der Waals surface area contributed by atoms with Gasteiger partial charge in [0, 0.05) is 6.54 Å². The molecule has 0 aliphatic carbocycles. The molecular weight excluding hydrogens is 246 g/mol. The van der Waals surface area contributed by atoms with Gasteiger partial charge in [0.2, 0.25) is 5.91 Å². The first-order valence-corrected chi connectivity index (χ1v) is 7.34. The number of carbonyl (C=O) groups excluding carboxylic acids is 1. The van der Waals surface area contributed by atoms with E-state index in [1.807, 2.05) is 0 Å². The highest BCUT2D eigenvalue weighted by Gasteiger charge is 2.22. The zero-order chi connectivity index (χ0) is 13.5. The van der Waals surface area contributed by atoms with Gasteiger partial charge < -0.3 is 10.0 Å². The Morgan fingerprint density at radius 1 is 1.18 bits per heavy atom. The van der Waals surface area contributed by atoms with Crippen LogP contribution in [-0.2, 0) is 19.4 Å². The predicted molar refractivity (Wildman–Crippen MR) is 63.5 cm³/mol. The fourth-order valence-electron chi connectivity index (χ4n) is 1.39. The van der Waals surface area contributed by atoms with Crippen molar-refractivity contribution in [1.82, 2.24) is 4.90 Å². The number of hydrogen-bond acceptors (Lipinski definition) is 4. The zero-order valence-corrected chi connectivity index (χ0v) is 11.0. The van der Waals surface area contributed by atoms with Crippen LogP contribution in [0.5, 0.6) is 0 Å². The minimum absolute atomic E-state index is 0.0498. The van der Waals surface area contributed by atoms with Gasteiger partial charge in [-0.15, -0.1) is 0 Å². The average Bonchev–Trinajstić information content (AvgIpc) is 2.15. The van der Waals surface area contributed by atoms with Gasteiger partial charge in [-0.2, -0.15) is 0 Å². The minimum Gasteiger partial charge on any atom is -0.480 e. The van der Waals surface area contributed by atoms with Gasteiger partial charge in [-0.3, -0.25) is 9.59 Å². The summed E-state index contributed by atoms with van der Waals surface area (Å²) < 4.78 is 22.9. The molecule has 0 saturated carbocycles. The van der Waals surface area contributed by atoms with E-state index in [0.717, 1.165) is 4.90 Å².